The van der Waals surface area contributed by atoms with Gasteiger partial charge in [0.15, 0.2) is 0 Å². The summed E-state index contributed by atoms with van der Waals surface area (Å²) in [5.74, 6) is 0.188. The molecule has 1 aromatic rings. The van der Waals surface area contributed by atoms with Crippen LogP contribution in [0.25, 0.3) is 0 Å². The maximum Gasteiger partial charge on any atom is 0.416 e. The van der Waals surface area contributed by atoms with E-state index in [1.165, 1.54) is 12.1 Å². The first-order valence-corrected chi connectivity index (χ1v) is 14.4. The van der Waals surface area contributed by atoms with Crippen LogP contribution in [0.3, 0.4) is 0 Å². The third-order valence-electron chi connectivity index (χ3n) is 7.60. The van der Waals surface area contributed by atoms with Crippen molar-refractivity contribution in [2.45, 2.75) is 57.5 Å². The summed E-state index contributed by atoms with van der Waals surface area (Å²) in [7, 11) is -3.49. The van der Waals surface area contributed by atoms with Crippen molar-refractivity contribution in [3.63, 3.8) is 0 Å². The van der Waals surface area contributed by atoms with Crippen molar-refractivity contribution in [2.75, 3.05) is 37.2 Å². The van der Waals surface area contributed by atoms with E-state index < -0.39 is 34.0 Å². The van der Waals surface area contributed by atoms with Gasteiger partial charge in [-0.15, -0.1) is 0 Å². The Bertz CT molecular complexity index is 1070. The smallest absolute Gasteiger partial charge is 0.381 e. The number of halogens is 3. The molecule has 2 aliphatic heterocycles. The fraction of sp³-hybridized carbons (Fsp3) is 0.615. The SMILES string of the molecule is CCN(CC)CCS(=O)(=O)NC[C@H]1CC[C@@H]2[C@H](O1)c1cc(C(F)(F)F)ccc1N[C@H]2C1C=CC=CC1. The van der Waals surface area contributed by atoms with Crippen molar-refractivity contribution in [1.82, 2.24) is 9.62 Å². The van der Waals surface area contributed by atoms with Gasteiger partial charge in [-0.25, -0.2) is 13.1 Å². The second-order valence-electron chi connectivity index (χ2n) is 9.80. The summed E-state index contributed by atoms with van der Waals surface area (Å²) in [5.41, 5.74) is 0.441. The van der Waals surface area contributed by atoms with Gasteiger partial charge in [0.1, 0.15) is 0 Å². The molecule has 0 saturated carbocycles. The van der Waals surface area contributed by atoms with Crippen LogP contribution < -0.4 is 10.0 Å². The van der Waals surface area contributed by atoms with Crippen molar-refractivity contribution >= 4 is 15.7 Å². The summed E-state index contributed by atoms with van der Waals surface area (Å²) in [6, 6.07) is 3.80. The molecular formula is C26H36F3N3O3S. The highest BCUT2D eigenvalue weighted by Gasteiger charge is 2.45. The molecule has 0 aromatic heterocycles. The van der Waals surface area contributed by atoms with Crippen molar-refractivity contribution in [2.24, 2.45) is 11.8 Å². The van der Waals surface area contributed by atoms with E-state index in [1.54, 1.807) is 0 Å². The Morgan fingerprint density at radius 1 is 1.17 bits per heavy atom. The second-order valence-corrected chi connectivity index (χ2v) is 11.7. The van der Waals surface area contributed by atoms with Gasteiger partial charge in [0, 0.05) is 42.2 Å². The molecule has 5 atom stereocenters. The summed E-state index contributed by atoms with van der Waals surface area (Å²) in [6.07, 6.45) is 5.08. The molecule has 0 bridgehead atoms. The van der Waals surface area contributed by atoms with Crippen LogP contribution >= 0.6 is 0 Å². The van der Waals surface area contributed by atoms with Gasteiger partial charge in [0.2, 0.25) is 10.0 Å². The molecular weight excluding hydrogens is 491 g/mol. The molecule has 6 nitrogen and oxygen atoms in total. The van der Waals surface area contributed by atoms with Gasteiger partial charge in [0.25, 0.3) is 0 Å². The molecule has 0 spiro atoms. The topological polar surface area (TPSA) is 70.7 Å². The molecule has 2 N–H and O–H groups in total. The maximum absolute atomic E-state index is 13.5. The van der Waals surface area contributed by atoms with Gasteiger partial charge < -0.3 is 15.0 Å². The van der Waals surface area contributed by atoms with E-state index in [0.717, 1.165) is 32.0 Å². The number of fused-ring (bicyclic) bond motifs is 3. The number of rotatable bonds is 9. The van der Waals surface area contributed by atoms with E-state index in [9.17, 15) is 21.6 Å². The molecule has 1 unspecified atom stereocenters. The average molecular weight is 528 g/mol. The van der Waals surface area contributed by atoms with Crippen LogP contribution in [0.5, 0.6) is 0 Å². The summed E-state index contributed by atoms with van der Waals surface area (Å²) in [4.78, 5) is 2.04. The standard InChI is InChI=1S/C26H36F3N3O3S/c1-3-32(4-2)14-15-36(33,34)30-17-20-11-12-21-24(18-8-6-5-7-9-18)31-23-13-10-19(26(27,28)29)16-22(23)25(21)35-20/h5-8,10,13,16,18,20-21,24-25,30-31H,3-4,9,11-12,14-15,17H2,1-2H3/t18?,20-,21+,24+,25+/m1/s1. The van der Waals surface area contributed by atoms with Crippen LogP contribution in [0, 0.1) is 11.8 Å². The van der Waals surface area contributed by atoms with E-state index in [-0.39, 0.29) is 30.2 Å². The second kappa shape index (κ2) is 11.2. The number of ether oxygens (including phenoxy) is 1. The molecule has 2 heterocycles. The van der Waals surface area contributed by atoms with E-state index in [2.05, 4.69) is 22.2 Å². The largest absolute Gasteiger partial charge is 0.416 e. The monoisotopic (exact) mass is 527 g/mol. The first kappa shape index (κ1) is 27.2. The van der Waals surface area contributed by atoms with Gasteiger partial charge in [-0.3, -0.25) is 0 Å². The van der Waals surface area contributed by atoms with Gasteiger partial charge >= 0.3 is 6.18 Å². The molecule has 3 aliphatic rings. The van der Waals surface area contributed by atoms with Crippen LogP contribution in [-0.4, -0.2) is 57.4 Å². The predicted octanol–water partition coefficient (Wildman–Crippen LogP) is 4.73. The Morgan fingerprint density at radius 3 is 2.61 bits per heavy atom. The Hall–Kier alpha value is -1.88. The fourth-order valence-electron chi connectivity index (χ4n) is 5.49. The first-order chi connectivity index (χ1) is 17.1. The number of benzene rings is 1. The predicted molar refractivity (Wildman–Crippen MR) is 135 cm³/mol. The minimum Gasteiger partial charge on any atom is -0.381 e. The average Bonchev–Trinajstić information content (AvgIpc) is 2.87. The van der Waals surface area contributed by atoms with Gasteiger partial charge in [-0.05, 0) is 50.6 Å². The number of hydrogen-bond donors (Lipinski definition) is 2. The Balaban J connectivity index is 1.51. The van der Waals surface area contributed by atoms with Crippen LogP contribution in [0.2, 0.25) is 0 Å². The molecule has 200 valence electrons. The lowest BCUT2D eigenvalue weighted by molar-refractivity contribution is -0.138. The molecule has 1 aliphatic carbocycles. The lowest BCUT2D eigenvalue weighted by Gasteiger charge is -2.47. The Labute approximate surface area is 212 Å². The van der Waals surface area contributed by atoms with Gasteiger partial charge in [0.05, 0.1) is 23.5 Å². The fourth-order valence-corrected chi connectivity index (χ4v) is 6.57. The first-order valence-electron chi connectivity index (χ1n) is 12.8. The van der Waals surface area contributed by atoms with Crippen molar-refractivity contribution in [3.05, 3.63) is 53.6 Å². The summed E-state index contributed by atoms with van der Waals surface area (Å²) < 4.78 is 74.7. The van der Waals surface area contributed by atoms with E-state index in [0.29, 0.717) is 24.2 Å². The van der Waals surface area contributed by atoms with Crippen molar-refractivity contribution in [3.8, 4) is 0 Å². The Morgan fingerprint density at radius 2 is 1.94 bits per heavy atom. The van der Waals surface area contributed by atoms with Crippen LogP contribution in [0.1, 0.15) is 50.3 Å². The molecule has 0 radical (unpaired) electrons. The van der Waals surface area contributed by atoms with Crippen LogP contribution in [0.15, 0.2) is 42.5 Å². The lowest BCUT2D eigenvalue weighted by atomic mass is 9.73. The summed E-state index contributed by atoms with van der Waals surface area (Å²) >= 11 is 0. The quantitative estimate of drug-likeness (QED) is 0.486. The molecule has 1 saturated heterocycles. The number of sulfonamides is 1. The zero-order valence-corrected chi connectivity index (χ0v) is 21.6. The highest BCUT2D eigenvalue weighted by atomic mass is 32.2. The van der Waals surface area contributed by atoms with E-state index in [4.69, 9.17) is 4.74 Å². The summed E-state index contributed by atoms with van der Waals surface area (Å²) in [5, 5.41) is 3.51. The molecule has 4 rings (SSSR count). The molecule has 1 aromatic carbocycles. The summed E-state index contributed by atoms with van der Waals surface area (Å²) in [6.45, 7) is 6.10. The molecule has 1 fully saturated rings. The minimum absolute atomic E-state index is 0.00123. The molecule has 36 heavy (non-hydrogen) atoms. The van der Waals surface area contributed by atoms with E-state index >= 15 is 0 Å². The van der Waals surface area contributed by atoms with Crippen LogP contribution in [0.4, 0.5) is 18.9 Å². The minimum atomic E-state index is -4.45. The number of anilines is 1. The zero-order valence-electron chi connectivity index (χ0n) is 20.8. The highest BCUT2D eigenvalue weighted by molar-refractivity contribution is 7.89. The number of nitrogens with one attached hydrogen (secondary N) is 2. The third-order valence-corrected chi connectivity index (χ3v) is 8.92. The number of nitrogens with zero attached hydrogens (tertiary/aromatic N) is 1. The number of hydrogen-bond acceptors (Lipinski definition) is 5. The van der Waals surface area contributed by atoms with Gasteiger partial charge in [-0.1, -0.05) is 38.2 Å². The number of allylic oxidation sites excluding steroid dienone is 3. The zero-order chi connectivity index (χ0) is 25.9. The van der Waals surface area contributed by atoms with Gasteiger partial charge in [-0.2, -0.15) is 13.2 Å². The Kier molecular flexibility index (Phi) is 8.49. The highest BCUT2D eigenvalue weighted by Crippen LogP contribution is 2.49. The van der Waals surface area contributed by atoms with Crippen LogP contribution in [-0.2, 0) is 20.9 Å². The van der Waals surface area contributed by atoms with E-state index in [1.807, 2.05) is 30.9 Å². The van der Waals surface area contributed by atoms with Crippen molar-refractivity contribution in [1.29, 1.82) is 0 Å². The normalized spacial score (nSPS) is 28.0. The number of alkyl halides is 3. The lowest BCUT2D eigenvalue weighted by Crippen LogP contribution is -2.48. The third kappa shape index (κ3) is 6.33. The maximum atomic E-state index is 13.5. The molecule has 0 amide bonds. The van der Waals surface area contributed by atoms with Crippen molar-refractivity contribution < 1.29 is 26.3 Å². The molecule has 10 heteroatoms.